The second kappa shape index (κ2) is 9.65. The van der Waals surface area contributed by atoms with Crippen LogP contribution in [0.15, 0.2) is 18.2 Å². The van der Waals surface area contributed by atoms with Gasteiger partial charge in [-0.15, -0.1) is 11.3 Å². The van der Waals surface area contributed by atoms with Crippen LogP contribution >= 0.6 is 11.3 Å². The third-order valence-corrected chi connectivity index (χ3v) is 6.33. The molecule has 1 aliphatic rings. The minimum atomic E-state index is -0.360. The van der Waals surface area contributed by atoms with Crippen molar-refractivity contribution < 1.29 is 19.1 Å². The van der Waals surface area contributed by atoms with Gasteiger partial charge in [0.25, 0.3) is 5.91 Å². The lowest BCUT2D eigenvalue weighted by atomic mass is 9.95. The van der Waals surface area contributed by atoms with Crippen LogP contribution < -0.4 is 10.1 Å². The van der Waals surface area contributed by atoms with Gasteiger partial charge in [0.2, 0.25) is 0 Å². The van der Waals surface area contributed by atoms with E-state index in [9.17, 15) is 9.59 Å². The lowest BCUT2D eigenvalue weighted by molar-refractivity contribution is -0.118. The van der Waals surface area contributed by atoms with Crippen molar-refractivity contribution in [1.29, 1.82) is 0 Å². The van der Waals surface area contributed by atoms with Gasteiger partial charge in [0.15, 0.2) is 6.61 Å². The molecule has 3 rings (SSSR count). The van der Waals surface area contributed by atoms with Crippen LogP contribution in [0.2, 0.25) is 0 Å². The first-order chi connectivity index (χ1) is 14.3. The Morgan fingerprint density at radius 2 is 1.87 bits per heavy atom. The first kappa shape index (κ1) is 22.3. The molecule has 0 saturated carbocycles. The van der Waals surface area contributed by atoms with Crippen molar-refractivity contribution in [2.24, 2.45) is 0 Å². The van der Waals surface area contributed by atoms with Crippen molar-refractivity contribution in [2.75, 3.05) is 11.9 Å². The van der Waals surface area contributed by atoms with Gasteiger partial charge in [-0.3, -0.25) is 4.79 Å². The van der Waals surface area contributed by atoms with Crippen molar-refractivity contribution in [3.8, 4) is 5.75 Å². The molecular weight excluding hydrogens is 398 g/mol. The van der Waals surface area contributed by atoms with E-state index in [1.54, 1.807) is 0 Å². The molecule has 0 aliphatic heterocycles. The van der Waals surface area contributed by atoms with E-state index >= 15 is 0 Å². The SMILES string of the molecule is Cc1ccc(C(C)C)c(OCC(=O)Nc2sc3c(c2C(=O)OC(C)C)CCCC3)c1. The van der Waals surface area contributed by atoms with E-state index in [2.05, 4.69) is 19.2 Å². The van der Waals surface area contributed by atoms with E-state index in [-0.39, 0.29) is 24.6 Å². The zero-order chi connectivity index (χ0) is 21.8. The summed E-state index contributed by atoms with van der Waals surface area (Å²) in [5, 5.41) is 3.49. The predicted octanol–water partition coefficient (Wildman–Crippen LogP) is 5.64. The molecule has 1 aromatic carbocycles. The van der Waals surface area contributed by atoms with Crippen molar-refractivity contribution in [2.45, 2.75) is 72.3 Å². The van der Waals surface area contributed by atoms with Crippen molar-refractivity contribution in [3.63, 3.8) is 0 Å². The van der Waals surface area contributed by atoms with E-state index in [4.69, 9.17) is 9.47 Å². The molecule has 0 unspecified atom stereocenters. The number of anilines is 1. The van der Waals surface area contributed by atoms with Gasteiger partial charge >= 0.3 is 5.97 Å². The van der Waals surface area contributed by atoms with E-state index in [1.165, 1.54) is 16.2 Å². The van der Waals surface area contributed by atoms with Crippen molar-refractivity contribution in [3.05, 3.63) is 45.3 Å². The number of hydrogen-bond donors (Lipinski definition) is 1. The minimum absolute atomic E-state index is 0.107. The summed E-state index contributed by atoms with van der Waals surface area (Å²) < 4.78 is 11.3. The first-order valence-electron chi connectivity index (χ1n) is 10.6. The van der Waals surface area contributed by atoms with Gasteiger partial charge in [0.05, 0.1) is 11.7 Å². The number of amides is 1. The third kappa shape index (κ3) is 5.22. The third-order valence-electron chi connectivity index (χ3n) is 5.12. The largest absolute Gasteiger partial charge is 0.483 e. The molecule has 1 aliphatic carbocycles. The summed E-state index contributed by atoms with van der Waals surface area (Å²) in [4.78, 5) is 26.6. The van der Waals surface area contributed by atoms with Gasteiger partial charge in [-0.2, -0.15) is 0 Å². The van der Waals surface area contributed by atoms with Crippen LogP contribution in [0.5, 0.6) is 5.75 Å². The molecule has 1 N–H and O–H groups in total. The molecule has 6 heteroatoms. The Bertz CT molecular complexity index is 930. The Hall–Kier alpha value is -2.34. The van der Waals surface area contributed by atoms with Crippen LogP contribution in [0, 0.1) is 6.92 Å². The quantitative estimate of drug-likeness (QED) is 0.578. The number of hydrogen-bond acceptors (Lipinski definition) is 5. The molecule has 0 spiro atoms. The van der Waals surface area contributed by atoms with Crippen LogP contribution in [-0.2, 0) is 22.4 Å². The second-order valence-electron chi connectivity index (χ2n) is 8.40. The topological polar surface area (TPSA) is 64.6 Å². The summed E-state index contributed by atoms with van der Waals surface area (Å²) in [6.45, 7) is 9.75. The van der Waals surface area contributed by atoms with Gasteiger partial charge in [-0.05, 0) is 75.1 Å². The standard InChI is InChI=1S/C24H31NO4S/c1-14(2)17-11-10-16(5)12-19(17)28-13-21(26)25-23-22(24(27)29-15(3)4)18-8-6-7-9-20(18)30-23/h10-12,14-15H,6-9,13H2,1-5H3,(H,25,26). The van der Waals surface area contributed by atoms with Crippen LogP contribution in [0.4, 0.5) is 5.00 Å². The number of carbonyl (C=O) groups is 2. The molecule has 0 bridgehead atoms. The number of aryl methyl sites for hydroxylation is 2. The normalized spacial score (nSPS) is 13.3. The molecule has 5 nitrogen and oxygen atoms in total. The molecule has 1 aromatic heterocycles. The number of thiophene rings is 1. The predicted molar refractivity (Wildman–Crippen MR) is 121 cm³/mol. The highest BCUT2D eigenvalue weighted by atomic mass is 32.1. The van der Waals surface area contributed by atoms with E-state index in [0.29, 0.717) is 16.5 Å². The van der Waals surface area contributed by atoms with Gasteiger partial charge in [-0.1, -0.05) is 26.0 Å². The maximum Gasteiger partial charge on any atom is 0.341 e. The van der Waals surface area contributed by atoms with Gasteiger partial charge in [0.1, 0.15) is 10.8 Å². The van der Waals surface area contributed by atoms with E-state index < -0.39 is 0 Å². The summed E-state index contributed by atoms with van der Waals surface area (Å²) in [5.41, 5.74) is 3.71. The van der Waals surface area contributed by atoms with Crippen molar-refractivity contribution >= 4 is 28.2 Å². The zero-order valence-corrected chi connectivity index (χ0v) is 19.3. The molecule has 1 amide bonds. The van der Waals surface area contributed by atoms with Gasteiger partial charge in [0, 0.05) is 4.88 Å². The van der Waals surface area contributed by atoms with Gasteiger partial charge < -0.3 is 14.8 Å². The Labute approximate surface area is 182 Å². The number of benzene rings is 1. The average molecular weight is 430 g/mol. The number of rotatable bonds is 7. The smallest absolute Gasteiger partial charge is 0.341 e. The summed E-state index contributed by atoms with van der Waals surface area (Å²) in [7, 11) is 0. The Kier molecular flexibility index (Phi) is 7.19. The summed E-state index contributed by atoms with van der Waals surface area (Å²) in [6, 6.07) is 6.05. The Balaban J connectivity index is 1.76. The number of nitrogens with one attached hydrogen (secondary N) is 1. The number of carbonyl (C=O) groups excluding carboxylic acids is 2. The fourth-order valence-corrected chi connectivity index (χ4v) is 4.99. The van der Waals surface area contributed by atoms with Crippen LogP contribution in [0.25, 0.3) is 0 Å². The lowest BCUT2D eigenvalue weighted by Gasteiger charge is -2.15. The minimum Gasteiger partial charge on any atom is -0.483 e. The van der Waals surface area contributed by atoms with E-state index in [0.717, 1.165) is 48.1 Å². The van der Waals surface area contributed by atoms with Crippen molar-refractivity contribution in [1.82, 2.24) is 0 Å². The number of esters is 1. The highest BCUT2D eigenvalue weighted by molar-refractivity contribution is 7.17. The lowest BCUT2D eigenvalue weighted by Crippen LogP contribution is -2.22. The fourth-order valence-electron chi connectivity index (χ4n) is 3.69. The molecule has 0 atom stereocenters. The maximum absolute atomic E-state index is 12.7. The Morgan fingerprint density at radius 1 is 1.13 bits per heavy atom. The first-order valence-corrected chi connectivity index (χ1v) is 11.5. The van der Waals surface area contributed by atoms with Crippen LogP contribution in [-0.4, -0.2) is 24.6 Å². The van der Waals surface area contributed by atoms with Crippen LogP contribution in [0.1, 0.15) is 78.4 Å². The molecule has 2 aromatic rings. The summed E-state index contributed by atoms with van der Waals surface area (Å²) in [6.07, 6.45) is 3.73. The summed E-state index contributed by atoms with van der Waals surface area (Å²) in [5.74, 6) is 0.389. The fraction of sp³-hybridized carbons (Fsp3) is 0.500. The molecular formula is C24H31NO4S. The maximum atomic E-state index is 12.7. The zero-order valence-electron chi connectivity index (χ0n) is 18.5. The molecule has 0 fully saturated rings. The van der Waals surface area contributed by atoms with Crippen LogP contribution in [0.3, 0.4) is 0 Å². The number of ether oxygens (including phenoxy) is 2. The van der Waals surface area contributed by atoms with Gasteiger partial charge in [-0.25, -0.2) is 4.79 Å². The molecule has 0 radical (unpaired) electrons. The molecule has 162 valence electrons. The highest BCUT2D eigenvalue weighted by Gasteiger charge is 2.28. The molecule has 1 heterocycles. The molecule has 0 saturated heterocycles. The average Bonchev–Trinajstić information content (AvgIpc) is 3.03. The monoisotopic (exact) mass is 429 g/mol. The molecule has 30 heavy (non-hydrogen) atoms. The Morgan fingerprint density at radius 3 is 2.57 bits per heavy atom. The second-order valence-corrected chi connectivity index (χ2v) is 9.51. The highest BCUT2D eigenvalue weighted by Crippen LogP contribution is 2.38. The van der Waals surface area contributed by atoms with E-state index in [1.807, 2.05) is 39.0 Å². The number of fused-ring (bicyclic) bond motifs is 1. The summed E-state index contributed by atoms with van der Waals surface area (Å²) >= 11 is 1.49.